The lowest BCUT2D eigenvalue weighted by Crippen LogP contribution is -2.48. The van der Waals surface area contributed by atoms with Crippen LogP contribution in [0, 0.1) is 0 Å². The van der Waals surface area contributed by atoms with Crippen molar-refractivity contribution in [3.63, 3.8) is 0 Å². The molecule has 1 heterocycles. The molecule has 5 nitrogen and oxygen atoms in total. The summed E-state index contributed by atoms with van der Waals surface area (Å²) in [6.45, 7) is 6.46. The van der Waals surface area contributed by atoms with E-state index >= 15 is 0 Å². The fraction of sp³-hybridized carbons (Fsp3) is 0.625. The van der Waals surface area contributed by atoms with E-state index in [1.54, 1.807) is 14.2 Å². The number of hydrogen-bond donors (Lipinski definition) is 1. The highest BCUT2D eigenvalue weighted by atomic mass is 16.5. The van der Waals surface area contributed by atoms with Crippen LogP contribution in [-0.4, -0.2) is 51.0 Å². The zero-order chi connectivity index (χ0) is 15.4. The molecule has 2 N–H and O–H groups in total. The first kappa shape index (κ1) is 16.1. The average Bonchev–Trinajstić information content (AvgIpc) is 2.47. The lowest BCUT2D eigenvalue weighted by Gasteiger charge is -2.40. The molecule has 0 amide bonds. The summed E-state index contributed by atoms with van der Waals surface area (Å²) >= 11 is 0. The Kier molecular flexibility index (Phi) is 5.45. The van der Waals surface area contributed by atoms with Crippen molar-refractivity contribution in [3.05, 3.63) is 23.8 Å². The predicted octanol–water partition coefficient (Wildman–Crippen LogP) is 1.81. The highest BCUT2D eigenvalue weighted by Crippen LogP contribution is 2.33. The number of methoxy groups -OCH3 is 2. The van der Waals surface area contributed by atoms with Gasteiger partial charge >= 0.3 is 0 Å². The fourth-order valence-corrected chi connectivity index (χ4v) is 3.04. The molecule has 2 rings (SSSR count). The second-order valence-electron chi connectivity index (χ2n) is 5.57. The smallest absolute Gasteiger partial charge is 0.123 e. The van der Waals surface area contributed by atoms with Crippen LogP contribution >= 0.6 is 0 Å². The minimum Gasteiger partial charge on any atom is -0.497 e. The molecular formula is C16H26N2O3. The lowest BCUT2D eigenvalue weighted by atomic mass is 10.0. The Morgan fingerprint density at radius 2 is 1.90 bits per heavy atom. The van der Waals surface area contributed by atoms with Gasteiger partial charge in [-0.3, -0.25) is 4.90 Å². The van der Waals surface area contributed by atoms with E-state index in [4.69, 9.17) is 19.9 Å². The van der Waals surface area contributed by atoms with Crippen molar-refractivity contribution < 1.29 is 14.2 Å². The van der Waals surface area contributed by atoms with E-state index in [2.05, 4.69) is 18.7 Å². The number of nitrogens with two attached hydrogens (primary N) is 1. The molecule has 118 valence electrons. The molecule has 1 unspecified atom stereocenters. The third-order valence-electron chi connectivity index (χ3n) is 3.91. The van der Waals surface area contributed by atoms with E-state index < -0.39 is 0 Å². The van der Waals surface area contributed by atoms with Crippen LogP contribution in [0.3, 0.4) is 0 Å². The summed E-state index contributed by atoms with van der Waals surface area (Å²) in [7, 11) is 3.35. The van der Waals surface area contributed by atoms with Crippen LogP contribution in [0.25, 0.3) is 0 Å². The molecule has 1 aliphatic rings. The topological polar surface area (TPSA) is 57.0 Å². The quantitative estimate of drug-likeness (QED) is 0.897. The second kappa shape index (κ2) is 7.11. The SMILES string of the molecule is COc1ccc(OC)c(C(CN)N2C[C@@H](C)O[C@@H](C)C2)c1. The molecule has 0 aliphatic carbocycles. The molecule has 1 saturated heterocycles. The Bertz CT molecular complexity index is 457. The Hall–Kier alpha value is -1.30. The number of ether oxygens (including phenoxy) is 3. The van der Waals surface area contributed by atoms with Gasteiger partial charge < -0.3 is 19.9 Å². The van der Waals surface area contributed by atoms with E-state index in [0.29, 0.717) is 6.54 Å². The molecule has 1 aromatic carbocycles. The van der Waals surface area contributed by atoms with E-state index in [1.807, 2.05) is 18.2 Å². The maximum absolute atomic E-state index is 6.06. The molecular weight excluding hydrogens is 268 g/mol. The largest absolute Gasteiger partial charge is 0.497 e. The van der Waals surface area contributed by atoms with Crippen molar-refractivity contribution in [1.29, 1.82) is 0 Å². The molecule has 1 aromatic rings. The van der Waals surface area contributed by atoms with Crippen LogP contribution in [0.1, 0.15) is 25.5 Å². The summed E-state index contributed by atoms with van der Waals surface area (Å²) in [6, 6.07) is 5.95. The molecule has 0 bridgehead atoms. The van der Waals surface area contributed by atoms with Crippen molar-refractivity contribution >= 4 is 0 Å². The number of nitrogens with zero attached hydrogens (tertiary/aromatic N) is 1. The summed E-state index contributed by atoms with van der Waals surface area (Å²) in [5.74, 6) is 1.66. The zero-order valence-corrected chi connectivity index (χ0v) is 13.3. The van der Waals surface area contributed by atoms with Crippen LogP contribution < -0.4 is 15.2 Å². The van der Waals surface area contributed by atoms with Crippen LogP contribution in [0.4, 0.5) is 0 Å². The second-order valence-corrected chi connectivity index (χ2v) is 5.57. The highest BCUT2D eigenvalue weighted by molar-refractivity contribution is 5.42. The van der Waals surface area contributed by atoms with Gasteiger partial charge in [0.05, 0.1) is 32.5 Å². The van der Waals surface area contributed by atoms with Crippen LogP contribution in [-0.2, 0) is 4.74 Å². The molecule has 0 saturated carbocycles. The van der Waals surface area contributed by atoms with Gasteiger partial charge in [-0.1, -0.05) is 0 Å². The van der Waals surface area contributed by atoms with Crippen molar-refractivity contribution in [2.24, 2.45) is 5.73 Å². The van der Waals surface area contributed by atoms with Crippen molar-refractivity contribution in [2.75, 3.05) is 33.9 Å². The zero-order valence-electron chi connectivity index (χ0n) is 13.3. The predicted molar refractivity (Wildman–Crippen MR) is 82.9 cm³/mol. The maximum Gasteiger partial charge on any atom is 0.123 e. The Labute approximate surface area is 127 Å². The average molecular weight is 294 g/mol. The first-order chi connectivity index (χ1) is 10.1. The van der Waals surface area contributed by atoms with Gasteiger partial charge in [0, 0.05) is 25.2 Å². The van der Waals surface area contributed by atoms with Gasteiger partial charge in [0.1, 0.15) is 11.5 Å². The first-order valence-electron chi connectivity index (χ1n) is 7.40. The summed E-state index contributed by atoms with van der Waals surface area (Å²) in [5, 5.41) is 0. The third kappa shape index (κ3) is 3.67. The van der Waals surface area contributed by atoms with E-state index in [9.17, 15) is 0 Å². The van der Waals surface area contributed by atoms with E-state index in [1.165, 1.54) is 0 Å². The molecule has 1 fully saturated rings. The van der Waals surface area contributed by atoms with Gasteiger partial charge in [0.25, 0.3) is 0 Å². The normalized spacial score (nSPS) is 24.6. The van der Waals surface area contributed by atoms with Gasteiger partial charge in [-0.2, -0.15) is 0 Å². The fourth-order valence-electron chi connectivity index (χ4n) is 3.04. The van der Waals surface area contributed by atoms with Crippen molar-refractivity contribution in [1.82, 2.24) is 4.90 Å². The highest BCUT2D eigenvalue weighted by Gasteiger charge is 2.29. The molecule has 1 aliphatic heterocycles. The molecule has 0 radical (unpaired) electrons. The Morgan fingerprint density at radius 3 is 2.43 bits per heavy atom. The van der Waals surface area contributed by atoms with Crippen LogP contribution in [0.15, 0.2) is 18.2 Å². The number of rotatable bonds is 5. The van der Waals surface area contributed by atoms with Crippen molar-refractivity contribution in [2.45, 2.75) is 32.1 Å². The van der Waals surface area contributed by atoms with Gasteiger partial charge in [-0.05, 0) is 32.0 Å². The van der Waals surface area contributed by atoms with Gasteiger partial charge in [-0.25, -0.2) is 0 Å². The van der Waals surface area contributed by atoms with Crippen LogP contribution in [0.2, 0.25) is 0 Å². The van der Waals surface area contributed by atoms with Gasteiger partial charge in [0.2, 0.25) is 0 Å². The minimum atomic E-state index is 0.101. The number of benzene rings is 1. The summed E-state index contributed by atoms with van der Waals surface area (Å²) in [6.07, 6.45) is 0.416. The monoisotopic (exact) mass is 294 g/mol. The molecule has 0 aromatic heterocycles. The standard InChI is InChI=1S/C16H26N2O3/c1-11-9-18(10-12(2)21-11)15(8-17)14-7-13(19-3)5-6-16(14)20-4/h5-7,11-12,15H,8-10,17H2,1-4H3/t11-,12+,15?. The van der Waals surface area contributed by atoms with Gasteiger partial charge in [0.15, 0.2) is 0 Å². The Morgan fingerprint density at radius 1 is 1.24 bits per heavy atom. The van der Waals surface area contributed by atoms with E-state index in [0.717, 1.165) is 30.2 Å². The third-order valence-corrected chi connectivity index (χ3v) is 3.91. The molecule has 21 heavy (non-hydrogen) atoms. The maximum atomic E-state index is 6.06. The molecule has 5 heteroatoms. The Balaban J connectivity index is 2.31. The van der Waals surface area contributed by atoms with Crippen molar-refractivity contribution in [3.8, 4) is 11.5 Å². The van der Waals surface area contributed by atoms with Crippen LogP contribution in [0.5, 0.6) is 11.5 Å². The van der Waals surface area contributed by atoms with Gasteiger partial charge in [-0.15, -0.1) is 0 Å². The summed E-state index contributed by atoms with van der Waals surface area (Å²) in [4.78, 5) is 2.37. The molecule has 3 atom stereocenters. The summed E-state index contributed by atoms with van der Waals surface area (Å²) < 4.78 is 16.7. The molecule has 0 spiro atoms. The summed E-state index contributed by atoms with van der Waals surface area (Å²) in [5.41, 5.74) is 7.13. The number of hydrogen-bond acceptors (Lipinski definition) is 5. The lowest BCUT2D eigenvalue weighted by molar-refractivity contribution is -0.0801. The minimum absolute atomic E-state index is 0.101. The van der Waals surface area contributed by atoms with E-state index in [-0.39, 0.29) is 18.2 Å². The number of morpholine rings is 1. The first-order valence-corrected chi connectivity index (χ1v) is 7.40.